The number of nitrogens with one attached hydrogen (secondary N) is 2. The van der Waals surface area contributed by atoms with E-state index in [1.54, 1.807) is 36.4 Å². The van der Waals surface area contributed by atoms with Gasteiger partial charge in [-0.25, -0.2) is 4.79 Å². The number of amides is 2. The second-order valence-corrected chi connectivity index (χ2v) is 7.37. The molecule has 0 aliphatic carbocycles. The van der Waals surface area contributed by atoms with Crippen LogP contribution < -0.4 is 10.6 Å². The molecule has 0 radical (unpaired) electrons. The number of carbonyl (C=O) groups excluding carboxylic acids is 1. The number of anilines is 1. The molecule has 1 atom stereocenters. The van der Waals surface area contributed by atoms with Crippen LogP contribution in [0.4, 0.5) is 10.5 Å². The maximum atomic E-state index is 12.5. The van der Waals surface area contributed by atoms with Crippen molar-refractivity contribution in [2.24, 2.45) is 0 Å². The van der Waals surface area contributed by atoms with Crippen molar-refractivity contribution in [2.45, 2.75) is 25.3 Å². The van der Waals surface area contributed by atoms with Crippen LogP contribution in [0.1, 0.15) is 17.3 Å². The molecule has 0 unspecified atom stereocenters. The normalized spacial score (nSPS) is 11.7. The van der Waals surface area contributed by atoms with Crippen LogP contribution in [0, 0.1) is 0 Å². The molecule has 0 saturated heterocycles. The molecule has 0 bridgehead atoms. The van der Waals surface area contributed by atoms with Crippen LogP contribution in [0.2, 0.25) is 10.0 Å². The summed E-state index contributed by atoms with van der Waals surface area (Å²) in [7, 11) is 0. The first-order valence-corrected chi connectivity index (χ1v) is 9.73. The average molecular weight is 449 g/mol. The smallest absolute Gasteiger partial charge is 0.319 e. The van der Waals surface area contributed by atoms with E-state index in [-0.39, 0.29) is 24.6 Å². The Balaban J connectivity index is 1.70. The highest BCUT2D eigenvalue weighted by molar-refractivity contribution is 6.30. The van der Waals surface area contributed by atoms with E-state index in [0.717, 1.165) is 5.56 Å². The highest BCUT2D eigenvalue weighted by Gasteiger charge is 2.19. The molecule has 1 aromatic heterocycles. The maximum absolute atomic E-state index is 12.5. The van der Waals surface area contributed by atoms with Crippen molar-refractivity contribution in [2.75, 3.05) is 5.32 Å². The lowest BCUT2D eigenvalue weighted by molar-refractivity contribution is -0.136. The minimum atomic E-state index is -1.07. The fraction of sp³-hybridized carbons (Fsp3) is 0.200. The highest BCUT2D eigenvalue weighted by Crippen LogP contribution is 2.15. The molecule has 1 heterocycles. The van der Waals surface area contributed by atoms with Crippen molar-refractivity contribution >= 4 is 40.9 Å². The quantitative estimate of drug-likeness (QED) is 0.479. The number of halogens is 2. The first-order valence-electron chi connectivity index (χ1n) is 8.98. The molecule has 10 heteroatoms. The van der Waals surface area contributed by atoms with Gasteiger partial charge in [-0.2, -0.15) is 0 Å². The molecule has 0 spiro atoms. The summed E-state index contributed by atoms with van der Waals surface area (Å²) in [5.74, 6) is -0.825. The molecular formula is C20H18Cl2N4O4. The first-order chi connectivity index (χ1) is 14.4. The lowest BCUT2D eigenvalue weighted by Crippen LogP contribution is -2.40. The van der Waals surface area contributed by atoms with Crippen molar-refractivity contribution in [3.05, 3.63) is 75.9 Å². The van der Waals surface area contributed by atoms with Gasteiger partial charge in [0.25, 0.3) is 0 Å². The summed E-state index contributed by atoms with van der Waals surface area (Å²) in [4.78, 5) is 23.3. The Hall–Kier alpha value is -3.10. The van der Waals surface area contributed by atoms with Crippen molar-refractivity contribution in [3.8, 4) is 0 Å². The van der Waals surface area contributed by atoms with Gasteiger partial charge in [0, 0.05) is 28.2 Å². The van der Waals surface area contributed by atoms with Crippen LogP contribution >= 0.6 is 23.2 Å². The van der Waals surface area contributed by atoms with Gasteiger partial charge in [-0.1, -0.05) is 35.3 Å². The van der Waals surface area contributed by atoms with Crippen LogP contribution in [-0.2, 0) is 24.1 Å². The zero-order chi connectivity index (χ0) is 21.5. The molecule has 2 amide bonds. The van der Waals surface area contributed by atoms with E-state index in [2.05, 4.69) is 20.8 Å². The van der Waals surface area contributed by atoms with Crippen LogP contribution in [-0.4, -0.2) is 33.3 Å². The Bertz CT molecular complexity index is 1010. The lowest BCUT2D eigenvalue weighted by atomic mass is 10.0. The Morgan fingerprint density at radius 2 is 1.53 bits per heavy atom. The SMILES string of the molecule is O=C(O)Cc1nnc(C[C@H](Cc2ccc(Cl)cc2)NC(=O)Nc2ccc(Cl)cc2)o1. The van der Waals surface area contributed by atoms with Crippen LogP contribution in [0.5, 0.6) is 0 Å². The van der Waals surface area contributed by atoms with E-state index in [0.29, 0.717) is 22.2 Å². The molecular weight excluding hydrogens is 431 g/mol. The Kier molecular flexibility index (Phi) is 7.26. The Labute approximate surface area is 182 Å². The molecule has 156 valence electrons. The van der Waals surface area contributed by atoms with Gasteiger partial charge in [-0.05, 0) is 48.4 Å². The van der Waals surface area contributed by atoms with E-state index < -0.39 is 18.0 Å². The largest absolute Gasteiger partial charge is 0.481 e. The molecule has 8 nitrogen and oxygen atoms in total. The summed E-state index contributed by atoms with van der Waals surface area (Å²) < 4.78 is 5.38. The van der Waals surface area contributed by atoms with Crippen molar-refractivity contribution in [1.82, 2.24) is 15.5 Å². The summed E-state index contributed by atoms with van der Waals surface area (Å²) in [6.45, 7) is 0. The Morgan fingerprint density at radius 1 is 0.933 bits per heavy atom. The number of rotatable bonds is 8. The van der Waals surface area contributed by atoms with E-state index in [1.165, 1.54) is 0 Å². The first kappa shape index (κ1) is 21.6. The highest BCUT2D eigenvalue weighted by atomic mass is 35.5. The number of carboxylic acids is 1. The lowest BCUT2D eigenvalue weighted by Gasteiger charge is -2.18. The topological polar surface area (TPSA) is 117 Å². The predicted octanol–water partition coefficient (Wildman–Crippen LogP) is 3.98. The molecule has 3 rings (SSSR count). The van der Waals surface area contributed by atoms with E-state index >= 15 is 0 Å². The number of hydrogen-bond acceptors (Lipinski definition) is 5. The van der Waals surface area contributed by atoms with Crippen LogP contribution in [0.15, 0.2) is 52.9 Å². The number of carboxylic acid groups (broad SMARTS) is 1. The third-order valence-electron chi connectivity index (χ3n) is 4.06. The standard InChI is InChI=1S/C20H18Cl2N4O4/c21-13-3-1-12(2-4-13)9-16(10-17-25-26-18(30-17)11-19(27)28)24-20(29)23-15-7-5-14(22)6-8-15/h1-8,16H,9-11H2,(H,27,28)(H2,23,24,29)/t16-/m0/s1. The van der Waals surface area contributed by atoms with Gasteiger partial charge in [-0.15, -0.1) is 10.2 Å². The van der Waals surface area contributed by atoms with Crippen LogP contribution in [0.25, 0.3) is 0 Å². The molecule has 30 heavy (non-hydrogen) atoms. The summed E-state index contributed by atoms with van der Waals surface area (Å²) in [6.07, 6.45) is 0.338. The van der Waals surface area contributed by atoms with Gasteiger partial charge in [0.1, 0.15) is 6.42 Å². The molecule has 0 saturated carbocycles. The number of benzene rings is 2. The summed E-state index contributed by atoms with van der Waals surface area (Å²) in [6, 6.07) is 13.2. The third-order valence-corrected chi connectivity index (χ3v) is 4.57. The zero-order valence-electron chi connectivity index (χ0n) is 15.6. The fourth-order valence-corrected chi connectivity index (χ4v) is 3.00. The monoisotopic (exact) mass is 448 g/mol. The molecule has 0 aliphatic heterocycles. The molecule has 0 fully saturated rings. The number of nitrogens with zero attached hydrogens (tertiary/aromatic N) is 2. The minimum absolute atomic E-state index is 0.00774. The predicted molar refractivity (Wildman–Crippen MR) is 112 cm³/mol. The van der Waals surface area contributed by atoms with Gasteiger partial charge in [0.05, 0.1) is 0 Å². The van der Waals surface area contributed by atoms with Gasteiger partial charge in [-0.3, -0.25) is 4.79 Å². The zero-order valence-corrected chi connectivity index (χ0v) is 17.2. The van der Waals surface area contributed by atoms with Gasteiger partial charge in [0.2, 0.25) is 11.8 Å². The van der Waals surface area contributed by atoms with Gasteiger partial charge in [0.15, 0.2) is 0 Å². The van der Waals surface area contributed by atoms with Crippen molar-refractivity contribution in [3.63, 3.8) is 0 Å². The second-order valence-electron chi connectivity index (χ2n) is 6.50. The van der Waals surface area contributed by atoms with Crippen LogP contribution in [0.3, 0.4) is 0 Å². The number of carbonyl (C=O) groups is 2. The molecule has 0 aliphatic rings. The summed E-state index contributed by atoms with van der Waals surface area (Å²) >= 11 is 11.8. The second kappa shape index (κ2) is 10.1. The molecule has 2 aromatic carbocycles. The summed E-state index contributed by atoms with van der Waals surface area (Å²) in [5.41, 5.74) is 1.53. The molecule has 3 aromatic rings. The van der Waals surface area contributed by atoms with E-state index in [1.807, 2.05) is 12.1 Å². The van der Waals surface area contributed by atoms with Gasteiger partial charge >= 0.3 is 12.0 Å². The van der Waals surface area contributed by atoms with Gasteiger partial charge < -0.3 is 20.2 Å². The average Bonchev–Trinajstić information content (AvgIpc) is 3.11. The number of urea groups is 1. The third kappa shape index (κ3) is 6.75. The minimum Gasteiger partial charge on any atom is -0.481 e. The Morgan fingerprint density at radius 3 is 2.17 bits per heavy atom. The summed E-state index contributed by atoms with van der Waals surface area (Å²) in [5, 5.41) is 23.2. The number of hydrogen-bond donors (Lipinski definition) is 3. The van der Waals surface area contributed by atoms with E-state index in [4.69, 9.17) is 32.7 Å². The molecule has 3 N–H and O–H groups in total. The van der Waals surface area contributed by atoms with Crippen molar-refractivity contribution in [1.29, 1.82) is 0 Å². The fourth-order valence-electron chi connectivity index (χ4n) is 2.75. The maximum Gasteiger partial charge on any atom is 0.319 e. The van der Waals surface area contributed by atoms with Crippen molar-refractivity contribution < 1.29 is 19.1 Å². The van der Waals surface area contributed by atoms with E-state index in [9.17, 15) is 9.59 Å². The number of aliphatic carboxylic acids is 1. The number of aromatic nitrogens is 2.